The van der Waals surface area contributed by atoms with E-state index in [0.717, 1.165) is 13.8 Å². The zero-order valence-corrected chi connectivity index (χ0v) is 13.8. The third-order valence-electron chi connectivity index (χ3n) is 3.09. The average Bonchev–Trinajstić information content (AvgIpc) is 2.42. The van der Waals surface area contributed by atoms with E-state index >= 15 is 0 Å². The van der Waals surface area contributed by atoms with Gasteiger partial charge in [-0.1, -0.05) is 0 Å². The SMILES string of the molecule is CC(=O)N[C@@H]1[C@H](OC(C)=O)[C@@H](OC(C)=O)[C@H](COC(C)=O)O[C@@H]1O. The van der Waals surface area contributed by atoms with Crippen molar-refractivity contribution in [3.05, 3.63) is 0 Å². The zero-order chi connectivity index (χ0) is 18.4. The predicted molar refractivity (Wildman–Crippen MR) is 76.2 cm³/mol. The van der Waals surface area contributed by atoms with Crippen LogP contribution in [0.1, 0.15) is 27.7 Å². The maximum atomic E-state index is 11.4. The third-order valence-corrected chi connectivity index (χ3v) is 3.09. The van der Waals surface area contributed by atoms with E-state index < -0.39 is 54.5 Å². The molecule has 5 atom stereocenters. The Labute approximate surface area is 138 Å². The average molecular weight is 347 g/mol. The van der Waals surface area contributed by atoms with E-state index in [-0.39, 0.29) is 6.61 Å². The Hall–Kier alpha value is -2.20. The van der Waals surface area contributed by atoms with Crippen molar-refractivity contribution in [2.24, 2.45) is 0 Å². The molecule has 0 aromatic heterocycles. The number of aliphatic hydroxyl groups excluding tert-OH is 1. The Morgan fingerprint density at radius 3 is 1.96 bits per heavy atom. The molecule has 1 aliphatic rings. The summed E-state index contributed by atoms with van der Waals surface area (Å²) < 4.78 is 20.3. The largest absolute Gasteiger partial charge is 0.463 e. The summed E-state index contributed by atoms with van der Waals surface area (Å²) in [6.07, 6.45) is -5.06. The molecule has 10 heteroatoms. The quantitative estimate of drug-likeness (QED) is 0.456. The molecule has 1 fully saturated rings. The lowest BCUT2D eigenvalue weighted by molar-refractivity contribution is -0.264. The van der Waals surface area contributed by atoms with Crippen molar-refractivity contribution in [2.75, 3.05) is 6.61 Å². The summed E-state index contributed by atoms with van der Waals surface area (Å²) in [7, 11) is 0. The first-order chi connectivity index (χ1) is 11.1. The van der Waals surface area contributed by atoms with Gasteiger partial charge in [-0.05, 0) is 0 Å². The molecule has 136 valence electrons. The van der Waals surface area contributed by atoms with Crippen LogP contribution in [0.3, 0.4) is 0 Å². The Balaban J connectivity index is 3.11. The van der Waals surface area contributed by atoms with Gasteiger partial charge in [0.15, 0.2) is 18.5 Å². The number of ether oxygens (including phenoxy) is 4. The lowest BCUT2D eigenvalue weighted by Gasteiger charge is -2.43. The molecule has 0 saturated carbocycles. The number of esters is 3. The Kier molecular flexibility index (Phi) is 7.11. The predicted octanol–water partition coefficient (Wildman–Crippen LogP) is -1.37. The van der Waals surface area contributed by atoms with Gasteiger partial charge in [0, 0.05) is 27.7 Å². The van der Waals surface area contributed by atoms with Crippen LogP contribution in [-0.2, 0) is 38.1 Å². The molecule has 1 amide bonds. The van der Waals surface area contributed by atoms with Gasteiger partial charge in [-0.15, -0.1) is 0 Å². The van der Waals surface area contributed by atoms with E-state index in [1.165, 1.54) is 13.8 Å². The molecule has 1 rings (SSSR count). The fourth-order valence-corrected chi connectivity index (χ4v) is 2.31. The highest BCUT2D eigenvalue weighted by atomic mass is 16.7. The van der Waals surface area contributed by atoms with E-state index in [9.17, 15) is 24.3 Å². The fraction of sp³-hybridized carbons (Fsp3) is 0.714. The van der Waals surface area contributed by atoms with Crippen molar-refractivity contribution in [1.29, 1.82) is 0 Å². The molecule has 0 unspecified atom stereocenters. The molecule has 1 saturated heterocycles. The molecular weight excluding hydrogens is 326 g/mol. The molecule has 2 N–H and O–H groups in total. The first kappa shape index (κ1) is 19.8. The molecule has 0 spiro atoms. The third kappa shape index (κ3) is 5.78. The molecule has 0 aromatic rings. The molecule has 0 radical (unpaired) electrons. The normalized spacial score (nSPS) is 29.3. The van der Waals surface area contributed by atoms with Crippen molar-refractivity contribution < 1.29 is 43.2 Å². The summed E-state index contributed by atoms with van der Waals surface area (Å²) in [5.74, 6) is -2.54. The summed E-state index contributed by atoms with van der Waals surface area (Å²) in [6, 6.07) is -1.16. The second kappa shape index (κ2) is 8.60. The van der Waals surface area contributed by atoms with Crippen molar-refractivity contribution in [2.45, 2.75) is 58.3 Å². The van der Waals surface area contributed by atoms with E-state index in [0.29, 0.717) is 0 Å². The molecular formula is C14H21NO9. The monoisotopic (exact) mass is 347 g/mol. The summed E-state index contributed by atoms with van der Waals surface area (Å²) in [5, 5.41) is 12.5. The van der Waals surface area contributed by atoms with Crippen LogP contribution in [-0.4, -0.2) is 66.2 Å². The zero-order valence-electron chi connectivity index (χ0n) is 13.8. The second-order valence-electron chi connectivity index (χ2n) is 5.24. The lowest BCUT2D eigenvalue weighted by atomic mass is 9.96. The van der Waals surface area contributed by atoms with E-state index in [1.807, 2.05) is 0 Å². The van der Waals surface area contributed by atoms with Gasteiger partial charge < -0.3 is 29.4 Å². The van der Waals surface area contributed by atoms with Gasteiger partial charge in [-0.2, -0.15) is 0 Å². The van der Waals surface area contributed by atoms with E-state index in [1.54, 1.807) is 0 Å². The first-order valence-electron chi connectivity index (χ1n) is 7.20. The number of carbonyl (C=O) groups excluding carboxylic acids is 4. The lowest BCUT2D eigenvalue weighted by Crippen LogP contribution is -2.66. The summed E-state index contributed by atoms with van der Waals surface area (Å²) >= 11 is 0. The minimum atomic E-state index is -1.56. The fourth-order valence-electron chi connectivity index (χ4n) is 2.31. The van der Waals surface area contributed by atoms with Crippen LogP contribution in [0.15, 0.2) is 0 Å². The van der Waals surface area contributed by atoms with Crippen molar-refractivity contribution in [1.82, 2.24) is 5.32 Å². The van der Waals surface area contributed by atoms with Gasteiger partial charge in [-0.3, -0.25) is 19.2 Å². The van der Waals surface area contributed by atoms with Gasteiger partial charge in [-0.25, -0.2) is 0 Å². The number of carbonyl (C=O) groups is 4. The second-order valence-corrected chi connectivity index (χ2v) is 5.24. The van der Waals surface area contributed by atoms with Gasteiger partial charge >= 0.3 is 17.9 Å². The number of hydrogen-bond acceptors (Lipinski definition) is 9. The van der Waals surface area contributed by atoms with Gasteiger partial charge in [0.05, 0.1) is 0 Å². The minimum absolute atomic E-state index is 0.338. The molecule has 10 nitrogen and oxygen atoms in total. The number of amides is 1. The van der Waals surface area contributed by atoms with Gasteiger partial charge in [0.2, 0.25) is 5.91 Å². The van der Waals surface area contributed by atoms with Crippen LogP contribution < -0.4 is 5.32 Å². The summed E-state index contributed by atoms with van der Waals surface area (Å²) in [5.41, 5.74) is 0. The van der Waals surface area contributed by atoms with Crippen LogP contribution in [0.25, 0.3) is 0 Å². The van der Waals surface area contributed by atoms with E-state index in [2.05, 4.69) is 5.32 Å². The van der Waals surface area contributed by atoms with Crippen LogP contribution in [0.4, 0.5) is 0 Å². The Bertz CT molecular complexity index is 506. The smallest absolute Gasteiger partial charge is 0.303 e. The Morgan fingerprint density at radius 1 is 0.958 bits per heavy atom. The molecule has 0 aromatic carbocycles. The Morgan fingerprint density at radius 2 is 1.50 bits per heavy atom. The highest BCUT2D eigenvalue weighted by molar-refractivity contribution is 5.73. The number of aliphatic hydroxyl groups is 1. The summed E-state index contributed by atoms with van der Waals surface area (Å²) in [4.78, 5) is 45.0. The van der Waals surface area contributed by atoms with Crippen LogP contribution in [0.2, 0.25) is 0 Å². The highest BCUT2D eigenvalue weighted by Gasteiger charge is 2.50. The van der Waals surface area contributed by atoms with Crippen molar-refractivity contribution in [3.8, 4) is 0 Å². The number of rotatable bonds is 5. The molecule has 0 aliphatic carbocycles. The molecule has 1 heterocycles. The number of hydrogen-bond donors (Lipinski definition) is 2. The first-order valence-corrected chi connectivity index (χ1v) is 7.20. The van der Waals surface area contributed by atoms with Crippen LogP contribution >= 0.6 is 0 Å². The molecule has 0 bridgehead atoms. The highest BCUT2D eigenvalue weighted by Crippen LogP contribution is 2.26. The maximum absolute atomic E-state index is 11.4. The van der Waals surface area contributed by atoms with Crippen LogP contribution in [0, 0.1) is 0 Å². The maximum Gasteiger partial charge on any atom is 0.303 e. The van der Waals surface area contributed by atoms with Crippen molar-refractivity contribution in [3.63, 3.8) is 0 Å². The van der Waals surface area contributed by atoms with Gasteiger partial charge in [0.25, 0.3) is 0 Å². The summed E-state index contributed by atoms with van der Waals surface area (Å²) in [6.45, 7) is 4.28. The number of nitrogens with one attached hydrogen (secondary N) is 1. The van der Waals surface area contributed by atoms with Crippen LogP contribution in [0.5, 0.6) is 0 Å². The molecule has 1 aliphatic heterocycles. The standard InChI is InChI=1S/C14H21NO9/c1-6(16)15-11-13(23-9(4)19)12(22-8(3)18)10(24-14(11)20)5-21-7(2)17/h10-14,20H,5H2,1-4H3,(H,15,16)/t10-,11+,12-,13-,14-/m0/s1. The topological polar surface area (TPSA) is 137 Å². The van der Waals surface area contributed by atoms with Crippen molar-refractivity contribution >= 4 is 23.8 Å². The minimum Gasteiger partial charge on any atom is -0.463 e. The van der Waals surface area contributed by atoms with E-state index in [4.69, 9.17) is 18.9 Å². The van der Waals surface area contributed by atoms with Gasteiger partial charge in [0.1, 0.15) is 18.8 Å². The molecule has 24 heavy (non-hydrogen) atoms.